The van der Waals surface area contributed by atoms with Gasteiger partial charge in [-0.3, -0.25) is 9.13 Å². The molecule has 0 N–H and O–H groups in total. The fourth-order valence-electron chi connectivity index (χ4n) is 5.70. The Balaban J connectivity index is 1.28. The van der Waals surface area contributed by atoms with Gasteiger partial charge in [-0.2, -0.15) is 0 Å². The number of aromatic nitrogens is 4. The van der Waals surface area contributed by atoms with Gasteiger partial charge in [0.2, 0.25) is 0 Å². The lowest BCUT2D eigenvalue weighted by molar-refractivity contribution is 0.0510. The maximum Gasteiger partial charge on any atom is 0.330 e. The van der Waals surface area contributed by atoms with Crippen molar-refractivity contribution in [3.63, 3.8) is 0 Å². The Morgan fingerprint density at radius 3 is 2.79 bits per heavy atom. The van der Waals surface area contributed by atoms with Crippen molar-refractivity contribution >= 4 is 22.1 Å². The van der Waals surface area contributed by atoms with E-state index in [9.17, 15) is 4.79 Å². The number of aryl methyl sites for hydroxylation is 1. The number of likely N-dealkylation sites (tertiary alicyclic amines) is 1. The summed E-state index contributed by atoms with van der Waals surface area (Å²) in [5.74, 6) is 0. The Morgan fingerprint density at radius 1 is 1.21 bits per heavy atom. The molecule has 8 heteroatoms. The van der Waals surface area contributed by atoms with E-state index in [1.165, 1.54) is 32.4 Å². The number of imidazole rings is 1. The summed E-state index contributed by atoms with van der Waals surface area (Å²) in [6, 6.07) is 6.33. The first-order valence-electron chi connectivity index (χ1n) is 12.3. The van der Waals surface area contributed by atoms with E-state index in [0.29, 0.717) is 24.3 Å². The molecule has 3 fully saturated rings. The smallest absolute Gasteiger partial charge is 0.330 e. The summed E-state index contributed by atoms with van der Waals surface area (Å²) in [7, 11) is 1.78. The molecule has 0 bridgehead atoms. The summed E-state index contributed by atoms with van der Waals surface area (Å²) in [5.41, 5.74) is 4.04. The molecule has 1 saturated carbocycles. The van der Waals surface area contributed by atoms with Crippen molar-refractivity contribution in [3.8, 4) is 0 Å². The molecule has 8 nitrogen and oxygen atoms in total. The highest BCUT2D eigenvalue weighted by Crippen LogP contribution is 2.52. The van der Waals surface area contributed by atoms with Crippen LogP contribution < -0.4 is 5.69 Å². The lowest BCUT2D eigenvalue weighted by Gasteiger charge is -2.23. The Hall–Kier alpha value is -2.29. The number of ether oxygens (including phenoxy) is 2. The monoisotopic (exact) mass is 451 g/mol. The summed E-state index contributed by atoms with van der Waals surface area (Å²) >= 11 is 0. The van der Waals surface area contributed by atoms with Crippen LogP contribution in [0.5, 0.6) is 0 Å². The summed E-state index contributed by atoms with van der Waals surface area (Å²) in [6.45, 7) is 7.65. The Labute approximate surface area is 193 Å². The molecule has 2 saturated heterocycles. The second kappa shape index (κ2) is 8.18. The van der Waals surface area contributed by atoms with E-state index in [4.69, 9.17) is 9.47 Å². The number of hydrogen-bond acceptors (Lipinski definition) is 6. The second-order valence-corrected chi connectivity index (χ2v) is 10.2. The maximum absolute atomic E-state index is 13.2. The highest BCUT2D eigenvalue weighted by molar-refractivity contribution is 6.00. The zero-order chi connectivity index (χ0) is 22.6. The number of nitrogens with zero attached hydrogens (tertiary/aromatic N) is 5. The number of rotatable bonds is 6. The zero-order valence-corrected chi connectivity index (χ0v) is 19.6. The SMILES string of the molecule is C[C@@H](OCCN1CCC2(CC2)C1)c1ccc2nnc3c(c2c1)n(C1CCOCC1)c(=O)n3C. The molecule has 2 aromatic heterocycles. The maximum atomic E-state index is 13.2. The van der Waals surface area contributed by atoms with Crippen molar-refractivity contribution < 1.29 is 9.47 Å². The third-order valence-electron chi connectivity index (χ3n) is 8.07. The van der Waals surface area contributed by atoms with Gasteiger partial charge in [-0.05, 0) is 68.7 Å². The first kappa shape index (κ1) is 21.3. The normalized spacial score (nSPS) is 22.0. The third kappa shape index (κ3) is 3.78. The molecular formula is C25H33N5O3. The van der Waals surface area contributed by atoms with Crippen LogP contribution in [0.3, 0.4) is 0 Å². The van der Waals surface area contributed by atoms with Crippen molar-refractivity contribution in [1.82, 2.24) is 24.2 Å². The molecular weight excluding hydrogens is 418 g/mol. The van der Waals surface area contributed by atoms with Crippen molar-refractivity contribution in [2.45, 2.75) is 51.2 Å². The molecule has 1 aliphatic carbocycles. The van der Waals surface area contributed by atoms with Crippen molar-refractivity contribution in [1.29, 1.82) is 0 Å². The van der Waals surface area contributed by atoms with Gasteiger partial charge in [0.15, 0.2) is 5.65 Å². The first-order chi connectivity index (χ1) is 16.0. The van der Waals surface area contributed by atoms with Gasteiger partial charge in [-0.15, -0.1) is 10.2 Å². The number of hydrogen-bond donors (Lipinski definition) is 0. The molecule has 3 aromatic rings. The van der Waals surface area contributed by atoms with Crippen LogP contribution in [0, 0.1) is 5.41 Å². The molecule has 2 aliphatic heterocycles. The highest BCUT2D eigenvalue weighted by atomic mass is 16.5. The van der Waals surface area contributed by atoms with Gasteiger partial charge in [0, 0.05) is 44.8 Å². The number of benzene rings is 1. The lowest BCUT2D eigenvalue weighted by atomic mass is 10.1. The molecule has 1 atom stereocenters. The Kier molecular flexibility index (Phi) is 5.27. The Bertz CT molecular complexity index is 1240. The first-order valence-corrected chi connectivity index (χ1v) is 12.3. The fourth-order valence-corrected chi connectivity index (χ4v) is 5.70. The topological polar surface area (TPSA) is 74.4 Å². The average Bonchev–Trinajstić information content (AvgIpc) is 3.40. The molecule has 176 valence electrons. The van der Waals surface area contributed by atoms with Crippen LogP contribution in [-0.2, 0) is 16.5 Å². The van der Waals surface area contributed by atoms with E-state index >= 15 is 0 Å². The van der Waals surface area contributed by atoms with Gasteiger partial charge in [0.1, 0.15) is 5.52 Å². The van der Waals surface area contributed by atoms with E-state index in [1.54, 1.807) is 11.6 Å². The van der Waals surface area contributed by atoms with E-state index in [1.807, 2.05) is 10.6 Å². The molecule has 4 heterocycles. The van der Waals surface area contributed by atoms with Crippen molar-refractivity contribution in [2.75, 3.05) is 39.5 Å². The standard InChI is InChI=1S/C25H33N5O3/c1-17(33-14-11-29-10-9-25(16-29)7-8-25)18-3-4-21-20(15-18)22-23(27-26-21)28(2)24(31)30(22)19-5-12-32-13-6-19/h3-4,15,17,19H,5-14,16H2,1-2H3/t17-/m1/s1. The van der Waals surface area contributed by atoms with Gasteiger partial charge in [-0.25, -0.2) is 4.79 Å². The Morgan fingerprint density at radius 2 is 2.03 bits per heavy atom. The summed E-state index contributed by atoms with van der Waals surface area (Å²) < 4.78 is 15.3. The average molecular weight is 452 g/mol. The molecule has 1 aromatic carbocycles. The summed E-state index contributed by atoms with van der Waals surface area (Å²) in [6.07, 6.45) is 5.82. The number of fused-ring (bicyclic) bond motifs is 3. The quantitative estimate of drug-likeness (QED) is 0.573. The van der Waals surface area contributed by atoms with Gasteiger partial charge >= 0.3 is 5.69 Å². The predicted molar refractivity (Wildman–Crippen MR) is 126 cm³/mol. The second-order valence-electron chi connectivity index (χ2n) is 10.2. The molecule has 3 aliphatic rings. The summed E-state index contributed by atoms with van der Waals surface area (Å²) in [4.78, 5) is 15.7. The fraction of sp³-hybridized carbons (Fsp3) is 0.640. The van der Waals surface area contributed by atoms with Gasteiger partial charge < -0.3 is 14.4 Å². The minimum Gasteiger partial charge on any atom is -0.381 e. The molecule has 0 amide bonds. The highest BCUT2D eigenvalue weighted by Gasteiger charge is 2.47. The minimum absolute atomic E-state index is 0.0259. The van der Waals surface area contributed by atoms with E-state index < -0.39 is 0 Å². The third-order valence-corrected chi connectivity index (χ3v) is 8.07. The predicted octanol–water partition coefficient (Wildman–Crippen LogP) is 3.20. The van der Waals surface area contributed by atoms with Crippen LogP contribution in [0.1, 0.15) is 56.7 Å². The lowest BCUT2D eigenvalue weighted by Crippen LogP contribution is -2.29. The van der Waals surface area contributed by atoms with Gasteiger partial charge in [0.05, 0.1) is 18.2 Å². The van der Waals surface area contributed by atoms with Crippen molar-refractivity contribution in [3.05, 3.63) is 34.2 Å². The molecule has 6 rings (SSSR count). The van der Waals surface area contributed by atoms with E-state index in [0.717, 1.165) is 48.0 Å². The van der Waals surface area contributed by atoms with Gasteiger partial charge in [0.25, 0.3) is 0 Å². The van der Waals surface area contributed by atoms with Crippen LogP contribution in [0.2, 0.25) is 0 Å². The molecule has 33 heavy (non-hydrogen) atoms. The van der Waals surface area contributed by atoms with Crippen LogP contribution in [0.25, 0.3) is 22.1 Å². The van der Waals surface area contributed by atoms with Crippen molar-refractivity contribution in [2.24, 2.45) is 12.5 Å². The molecule has 0 unspecified atom stereocenters. The van der Waals surface area contributed by atoms with E-state index in [2.05, 4.69) is 34.2 Å². The van der Waals surface area contributed by atoms with Crippen LogP contribution in [0.4, 0.5) is 0 Å². The largest absolute Gasteiger partial charge is 0.381 e. The van der Waals surface area contributed by atoms with Gasteiger partial charge in [-0.1, -0.05) is 6.07 Å². The summed E-state index contributed by atoms with van der Waals surface area (Å²) in [5, 5.41) is 9.77. The van der Waals surface area contributed by atoms with E-state index in [-0.39, 0.29) is 17.8 Å². The molecule has 1 spiro atoms. The minimum atomic E-state index is -0.0348. The zero-order valence-electron chi connectivity index (χ0n) is 19.6. The van der Waals surface area contributed by atoms with Crippen LogP contribution in [-0.4, -0.2) is 63.7 Å². The van der Waals surface area contributed by atoms with Crippen LogP contribution in [0.15, 0.2) is 23.0 Å². The van der Waals surface area contributed by atoms with Crippen LogP contribution >= 0.6 is 0 Å². The molecule has 0 radical (unpaired) electrons.